The second kappa shape index (κ2) is 10.5. The Morgan fingerprint density at radius 1 is 1.11 bits per heavy atom. The summed E-state index contributed by atoms with van der Waals surface area (Å²) < 4.78 is 8.98. The maximum atomic E-state index is 13.0. The quantitative estimate of drug-likeness (QED) is 0.651. The van der Waals surface area contributed by atoms with Crippen molar-refractivity contribution in [3.8, 4) is 0 Å². The van der Waals surface area contributed by atoms with Crippen molar-refractivity contribution in [3.05, 3.63) is 36.4 Å². The number of likely N-dealkylation sites (tertiary alicyclic amines) is 1. The van der Waals surface area contributed by atoms with E-state index in [1.807, 2.05) is 37.6 Å². The fourth-order valence-corrected chi connectivity index (χ4v) is 4.76. The van der Waals surface area contributed by atoms with Gasteiger partial charge in [0.2, 0.25) is 5.91 Å². The molecular formula is C25H36N6O4. The normalized spacial score (nSPS) is 17.4. The monoisotopic (exact) mass is 484 g/mol. The zero-order valence-corrected chi connectivity index (χ0v) is 20.8. The van der Waals surface area contributed by atoms with Gasteiger partial charge in [0.15, 0.2) is 0 Å². The number of hydrogen-bond acceptors (Lipinski definition) is 5. The molecule has 2 aromatic rings. The van der Waals surface area contributed by atoms with Crippen LogP contribution in [-0.4, -0.2) is 61.9 Å². The average molecular weight is 485 g/mol. The summed E-state index contributed by atoms with van der Waals surface area (Å²) in [5.74, 6) is -0.302. The molecule has 2 fully saturated rings. The predicted molar refractivity (Wildman–Crippen MR) is 131 cm³/mol. The zero-order chi connectivity index (χ0) is 25.0. The molecule has 1 saturated carbocycles. The van der Waals surface area contributed by atoms with E-state index >= 15 is 0 Å². The van der Waals surface area contributed by atoms with E-state index in [1.54, 1.807) is 23.4 Å². The first kappa shape index (κ1) is 24.8. The van der Waals surface area contributed by atoms with Crippen LogP contribution in [0.3, 0.4) is 0 Å². The average Bonchev–Trinajstić information content (AvgIpc) is 3.55. The van der Waals surface area contributed by atoms with Crippen LogP contribution in [0.5, 0.6) is 0 Å². The lowest BCUT2D eigenvalue weighted by atomic mass is 10.0. The molecule has 0 radical (unpaired) electrons. The van der Waals surface area contributed by atoms with Gasteiger partial charge in [-0.1, -0.05) is 12.8 Å². The molecule has 2 aromatic heterocycles. The molecule has 0 unspecified atom stereocenters. The van der Waals surface area contributed by atoms with Gasteiger partial charge in [-0.05, 0) is 58.6 Å². The molecule has 0 atom stereocenters. The van der Waals surface area contributed by atoms with Gasteiger partial charge < -0.3 is 24.8 Å². The first-order valence-corrected chi connectivity index (χ1v) is 12.5. The van der Waals surface area contributed by atoms with E-state index in [4.69, 9.17) is 4.74 Å². The molecule has 4 rings (SSSR count). The van der Waals surface area contributed by atoms with Crippen LogP contribution in [0, 0.1) is 0 Å². The van der Waals surface area contributed by atoms with Gasteiger partial charge in [-0.15, -0.1) is 0 Å². The van der Waals surface area contributed by atoms with E-state index in [9.17, 15) is 14.4 Å². The molecule has 190 valence electrons. The molecule has 35 heavy (non-hydrogen) atoms. The fraction of sp³-hybridized carbons (Fsp3) is 0.600. The van der Waals surface area contributed by atoms with Crippen LogP contribution in [0.25, 0.3) is 0 Å². The van der Waals surface area contributed by atoms with E-state index in [0.717, 1.165) is 38.5 Å². The first-order chi connectivity index (χ1) is 16.7. The molecule has 0 aromatic carbocycles. The standard InChI is InChI=1S/C25H36N6O4/c1-25(2,3)35-24(34)29-13-10-20(11-14-29)31-12-6-9-21(31)23(33)28-19-15-26-30(16-19)17-22(32)27-18-7-4-5-8-18/h6,9,12,15-16,18,20H,4-5,7-8,10-11,13-14,17H2,1-3H3,(H,27,32)(H,28,33). The Morgan fingerprint density at radius 2 is 1.83 bits per heavy atom. The lowest BCUT2D eigenvalue weighted by molar-refractivity contribution is -0.122. The SMILES string of the molecule is CC(C)(C)OC(=O)N1CCC(n2cccc2C(=O)Nc2cnn(CC(=O)NC3CCCC3)c2)CC1. The maximum Gasteiger partial charge on any atom is 0.410 e. The lowest BCUT2D eigenvalue weighted by Crippen LogP contribution is -2.42. The Labute approximate surface area is 206 Å². The first-order valence-electron chi connectivity index (χ1n) is 12.5. The van der Waals surface area contributed by atoms with Crippen molar-refractivity contribution >= 4 is 23.6 Å². The molecule has 3 heterocycles. The summed E-state index contributed by atoms with van der Waals surface area (Å²) in [6, 6.07) is 4.02. The van der Waals surface area contributed by atoms with Crippen LogP contribution >= 0.6 is 0 Å². The molecule has 2 aliphatic rings. The van der Waals surface area contributed by atoms with Gasteiger partial charge in [-0.25, -0.2) is 4.79 Å². The van der Waals surface area contributed by atoms with Gasteiger partial charge in [-0.3, -0.25) is 14.3 Å². The number of nitrogens with one attached hydrogen (secondary N) is 2. The fourth-order valence-electron chi connectivity index (χ4n) is 4.76. The van der Waals surface area contributed by atoms with Gasteiger partial charge in [0, 0.05) is 37.6 Å². The summed E-state index contributed by atoms with van der Waals surface area (Å²) in [5.41, 5.74) is 0.566. The highest BCUT2D eigenvalue weighted by Crippen LogP contribution is 2.26. The summed E-state index contributed by atoms with van der Waals surface area (Å²) in [6.07, 6.45) is 10.7. The summed E-state index contributed by atoms with van der Waals surface area (Å²) >= 11 is 0. The van der Waals surface area contributed by atoms with Gasteiger partial charge in [0.25, 0.3) is 5.91 Å². The number of carbonyl (C=O) groups excluding carboxylic acids is 3. The number of hydrogen-bond donors (Lipinski definition) is 2. The van der Waals surface area contributed by atoms with E-state index in [0.29, 0.717) is 24.5 Å². The number of nitrogens with zero attached hydrogens (tertiary/aromatic N) is 4. The van der Waals surface area contributed by atoms with Crippen LogP contribution in [0.4, 0.5) is 10.5 Å². The summed E-state index contributed by atoms with van der Waals surface area (Å²) in [5, 5.41) is 10.1. The third kappa shape index (κ3) is 6.64. The maximum absolute atomic E-state index is 13.0. The van der Waals surface area contributed by atoms with Crippen LogP contribution < -0.4 is 10.6 Å². The molecule has 2 N–H and O–H groups in total. The molecule has 3 amide bonds. The highest BCUT2D eigenvalue weighted by molar-refractivity contribution is 6.03. The molecule has 1 aliphatic heterocycles. The summed E-state index contributed by atoms with van der Waals surface area (Å²) in [6.45, 7) is 6.86. The largest absolute Gasteiger partial charge is 0.444 e. The molecule has 0 bridgehead atoms. The molecule has 1 aliphatic carbocycles. The van der Waals surface area contributed by atoms with E-state index in [-0.39, 0.29) is 36.5 Å². The highest BCUT2D eigenvalue weighted by Gasteiger charge is 2.29. The molecule has 10 heteroatoms. The van der Waals surface area contributed by atoms with Crippen LogP contribution in [0.15, 0.2) is 30.7 Å². The molecular weight excluding hydrogens is 448 g/mol. The van der Waals surface area contributed by atoms with Gasteiger partial charge in [-0.2, -0.15) is 5.10 Å². The number of anilines is 1. The summed E-state index contributed by atoms with van der Waals surface area (Å²) in [4.78, 5) is 39.3. The summed E-state index contributed by atoms with van der Waals surface area (Å²) in [7, 11) is 0. The number of piperidine rings is 1. The molecule has 10 nitrogen and oxygen atoms in total. The number of rotatable bonds is 6. The Balaban J connectivity index is 1.30. The minimum absolute atomic E-state index is 0.0653. The van der Waals surface area contributed by atoms with Crippen molar-refractivity contribution < 1.29 is 19.1 Å². The van der Waals surface area contributed by atoms with Crippen molar-refractivity contribution in [1.82, 2.24) is 24.6 Å². The topological polar surface area (TPSA) is 110 Å². The molecule has 1 saturated heterocycles. The smallest absolute Gasteiger partial charge is 0.410 e. The Bertz CT molecular complexity index is 1040. The van der Waals surface area contributed by atoms with E-state index in [2.05, 4.69) is 15.7 Å². The van der Waals surface area contributed by atoms with E-state index < -0.39 is 5.60 Å². The second-order valence-electron chi connectivity index (χ2n) is 10.4. The Morgan fingerprint density at radius 3 is 2.51 bits per heavy atom. The van der Waals surface area contributed by atoms with Crippen molar-refractivity contribution in [3.63, 3.8) is 0 Å². The third-order valence-corrected chi connectivity index (χ3v) is 6.44. The zero-order valence-electron chi connectivity index (χ0n) is 20.8. The Kier molecular flexibility index (Phi) is 7.47. The molecule has 0 spiro atoms. The number of amides is 3. The van der Waals surface area contributed by atoms with Crippen molar-refractivity contribution in [2.75, 3.05) is 18.4 Å². The van der Waals surface area contributed by atoms with Crippen LogP contribution in [0.1, 0.15) is 75.8 Å². The lowest BCUT2D eigenvalue weighted by Gasteiger charge is -2.34. The highest BCUT2D eigenvalue weighted by atomic mass is 16.6. The number of aromatic nitrogens is 3. The minimum Gasteiger partial charge on any atom is -0.444 e. The van der Waals surface area contributed by atoms with Crippen LogP contribution in [0.2, 0.25) is 0 Å². The predicted octanol–water partition coefficient (Wildman–Crippen LogP) is 3.57. The second-order valence-corrected chi connectivity index (χ2v) is 10.4. The minimum atomic E-state index is -0.521. The van der Waals surface area contributed by atoms with Crippen molar-refractivity contribution in [2.24, 2.45) is 0 Å². The van der Waals surface area contributed by atoms with Crippen molar-refractivity contribution in [2.45, 2.75) is 83.5 Å². The number of ether oxygens (including phenoxy) is 1. The Hall–Kier alpha value is -3.30. The van der Waals surface area contributed by atoms with Crippen LogP contribution in [-0.2, 0) is 16.1 Å². The van der Waals surface area contributed by atoms with E-state index in [1.165, 1.54) is 4.68 Å². The van der Waals surface area contributed by atoms with Crippen molar-refractivity contribution in [1.29, 1.82) is 0 Å². The van der Waals surface area contributed by atoms with Gasteiger partial charge in [0.05, 0.1) is 11.9 Å². The third-order valence-electron chi connectivity index (χ3n) is 6.44. The number of carbonyl (C=O) groups is 3. The van der Waals surface area contributed by atoms with Gasteiger partial charge >= 0.3 is 6.09 Å². The van der Waals surface area contributed by atoms with Gasteiger partial charge in [0.1, 0.15) is 17.8 Å².